The van der Waals surface area contributed by atoms with Gasteiger partial charge in [-0.05, 0) is 18.9 Å². The number of carbonyl (C=O) groups is 1. The van der Waals surface area contributed by atoms with Gasteiger partial charge >= 0.3 is 0 Å². The fourth-order valence-electron chi connectivity index (χ4n) is 2.35. The third kappa shape index (κ3) is 1.88. The van der Waals surface area contributed by atoms with Gasteiger partial charge in [0.2, 0.25) is 0 Å². The molecular weight excluding hydrogens is 212 g/mol. The summed E-state index contributed by atoms with van der Waals surface area (Å²) >= 11 is 0. The molecule has 2 heterocycles. The Kier molecular flexibility index (Phi) is 3.38. The highest BCUT2D eigenvalue weighted by Crippen LogP contribution is 2.40. The van der Waals surface area contributed by atoms with Gasteiger partial charge in [0, 0.05) is 5.56 Å². The highest BCUT2D eigenvalue weighted by Gasteiger charge is 2.25. The number of benzene rings is 1. The smallest absolute Gasteiger partial charge is 0.116 e. The summed E-state index contributed by atoms with van der Waals surface area (Å²) in [7, 11) is 0. The van der Waals surface area contributed by atoms with Crippen molar-refractivity contribution in [1.82, 2.24) is 9.55 Å². The maximum atomic E-state index is 8.81. The number of nitrogens with zero attached hydrogens (tertiary/aromatic N) is 2. The molecule has 1 atom stereocenters. The zero-order chi connectivity index (χ0) is 12.3. The third-order valence-corrected chi connectivity index (χ3v) is 2.98. The van der Waals surface area contributed by atoms with Crippen LogP contribution in [0.5, 0.6) is 0 Å². The van der Waals surface area contributed by atoms with Crippen LogP contribution in [-0.4, -0.2) is 15.8 Å². The van der Waals surface area contributed by atoms with E-state index < -0.39 is 0 Å². The summed E-state index contributed by atoms with van der Waals surface area (Å²) < 4.78 is 2.27. The number of rotatable bonds is 1. The van der Waals surface area contributed by atoms with Crippen LogP contribution in [-0.2, 0) is 4.79 Å². The number of aromatic nitrogens is 2. The second kappa shape index (κ2) is 4.95. The molecule has 0 amide bonds. The van der Waals surface area contributed by atoms with Gasteiger partial charge in [-0.3, -0.25) is 0 Å². The van der Waals surface area contributed by atoms with Crippen molar-refractivity contribution in [2.24, 2.45) is 0 Å². The van der Waals surface area contributed by atoms with Gasteiger partial charge in [0.1, 0.15) is 6.29 Å². The number of imidazole rings is 1. The van der Waals surface area contributed by atoms with Crippen LogP contribution in [0.25, 0.3) is 11.3 Å². The summed E-state index contributed by atoms with van der Waals surface area (Å²) in [6.45, 7) is 3.66. The number of hydrogen-bond acceptors (Lipinski definition) is 2. The van der Waals surface area contributed by atoms with Crippen LogP contribution < -0.4 is 0 Å². The Labute approximate surface area is 101 Å². The molecule has 1 aromatic heterocycles. The molecule has 3 heteroatoms. The van der Waals surface area contributed by atoms with E-state index in [9.17, 15) is 0 Å². The predicted octanol–water partition coefficient (Wildman–Crippen LogP) is 3.07. The Hall–Kier alpha value is -1.90. The maximum Gasteiger partial charge on any atom is 0.116 e. The average molecular weight is 228 g/mol. The lowest BCUT2D eigenvalue weighted by molar-refractivity contribution is -0.106. The van der Waals surface area contributed by atoms with Crippen LogP contribution in [0, 0.1) is 0 Å². The Bertz CT molecular complexity index is 516. The molecule has 17 heavy (non-hydrogen) atoms. The van der Waals surface area contributed by atoms with Crippen molar-refractivity contribution in [1.29, 1.82) is 0 Å². The second-order valence-corrected chi connectivity index (χ2v) is 3.93. The van der Waals surface area contributed by atoms with Crippen molar-refractivity contribution in [3.05, 3.63) is 42.4 Å². The molecule has 0 saturated carbocycles. The predicted molar refractivity (Wildman–Crippen MR) is 67.8 cm³/mol. The fraction of sp³-hybridized carbons (Fsp3) is 0.286. The minimum atomic E-state index is 0.490. The van der Waals surface area contributed by atoms with E-state index in [1.807, 2.05) is 12.5 Å². The Morgan fingerprint density at radius 3 is 2.82 bits per heavy atom. The molecule has 0 bridgehead atoms. The molecule has 1 aromatic carbocycles. The Morgan fingerprint density at radius 2 is 2.12 bits per heavy atom. The largest absolute Gasteiger partial charge is 0.323 e. The quantitative estimate of drug-likeness (QED) is 0.703. The van der Waals surface area contributed by atoms with E-state index in [0.29, 0.717) is 6.04 Å². The van der Waals surface area contributed by atoms with Crippen molar-refractivity contribution in [2.45, 2.75) is 26.3 Å². The topological polar surface area (TPSA) is 34.9 Å². The molecule has 88 valence electrons. The maximum absolute atomic E-state index is 8.81. The molecule has 2 aromatic rings. The standard InChI is InChI=1S/C12H12N2.C2H4O/c1-2-11-9-5-3-4-6-10(9)12-7-13-8-14(11)12;1-2-3/h3-8,11H,2H2,1H3;2H,1H3. The van der Waals surface area contributed by atoms with Crippen molar-refractivity contribution >= 4 is 6.29 Å². The van der Waals surface area contributed by atoms with E-state index in [2.05, 4.69) is 40.7 Å². The number of carbonyl (C=O) groups excluding carboxylic acids is 1. The summed E-state index contributed by atoms with van der Waals surface area (Å²) in [6, 6.07) is 9.09. The average Bonchev–Trinajstić information content (AvgIpc) is 2.89. The summed E-state index contributed by atoms with van der Waals surface area (Å²) in [4.78, 5) is 13.0. The summed E-state index contributed by atoms with van der Waals surface area (Å²) in [5.74, 6) is 0. The summed E-state index contributed by atoms with van der Waals surface area (Å²) in [6.07, 6.45) is 5.76. The molecule has 1 aliphatic heterocycles. The first-order valence-electron chi connectivity index (χ1n) is 5.84. The molecule has 0 saturated heterocycles. The molecule has 0 aliphatic carbocycles. The van der Waals surface area contributed by atoms with E-state index in [1.165, 1.54) is 23.7 Å². The van der Waals surface area contributed by atoms with E-state index in [-0.39, 0.29) is 0 Å². The van der Waals surface area contributed by atoms with Crippen LogP contribution in [0.1, 0.15) is 31.9 Å². The van der Waals surface area contributed by atoms with Gasteiger partial charge in [-0.25, -0.2) is 4.98 Å². The van der Waals surface area contributed by atoms with Crippen molar-refractivity contribution in [3.63, 3.8) is 0 Å². The van der Waals surface area contributed by atoms with Gasteiger partial charge < -0.3 is 9.36 Å². The molecule has 0 N–H and O–H groups in total. The van der Waals surface area contributed by atoms with Crippen molar-refractivity contribution in [3.8, 4) is 11.3 Å². The summed E-state index contributed by atoms with van der Waals surface area (Å²) in [5, 5.41) is 0. The molecule has 1 unspecified atom stereocenters. The highest BCUT2D eigenvalue weighted by molar-refractivity contribution is 5.68. The Morgan fingerprint density at radius 1 is 1.41 bits per heavy atom. The fourth-order valence-corrected chi connectivity index (χ4v) is 2.35. The first-order chi connectivity index (χ1) is 8.33. The molecule has 0 radical (unpaired) electrons. The summed E-state index contributed by atoms with van der Waals surface area (Å²) in [5.41, 5.74) is 4.04. The van der Waals surface area contributed by atoms with Crippen LogP contribution in [0.2, 0.25) is 0 Å². The number of hydrogen-bond donors (Lipinski definition) is 0. The van der Waals surface area contributed by atoms with Gasteiger partial charge in [-0.1, -0.05) is 31.2 Å². The molecule has 3 rings (SSSR count). The molecule has 0 fully saturated rings. The Balaban J connectivity index is 0.000000329. The SMILES string of the molecule is CC=O.CCC1c2ccccc2-c2cncn21. The van der Waals surface area contributed by atoms with Crippen molar-refractivity contribution < 1.29 is 4.79 Å². The number of aldehydes is 1. The van der Waals surface area contributed by atoms with E-state index in [0.717, 1.165) is 12.7 Å². The normalized spacial score (nSPS) is 15.5. The van der Waals surface area contributed by atoms with E-state index in [1.54, 1.807) is 0 Å². The van der Waals surface area contributed by atoms with E-state index in [4.69, 9.17) is 4.79 Å². The molecular formula is C14H16N2O. The van der Waals surface area contributed by atoms with Gasteiger partial charge in [0.25, 0.3) is 0 Å². The third-order valence-electron chi connectivity index (χ3n) is 2.98. The van der Waals surface area contributed by atoms with Crippen LogP contribution in [0.3, 0.4) is 0 Å². The van der Waals surface area contributed by atoms with Crippen molar-refractivity contribution in [2.75, 3.05) is 0 Å². The van der Waals surface area contributed by atoms with Crippen LogP contribution >= 0.6 is 0 Å². The van der Waals surface area contributed by atoms with E-state index >= 15 is 0 Å². The lowest BCUT2D eigenvalue weighted by Crippen LogP contribution is -2.02. The highest BCUT2D eigenvalue weighted by atomic mass is 16.1. The van der Waals surface area contributed by atoms with Crippen LogP contribution in [0.15, 0.2) is 36.8 Å². The zero-order valence-corrected chi connectivity index (χ0v) is 10.1. The lowest BCUT2D eigenvalue weighted by atomic mass is 10.0. The number of fused-ring (bicyclic) bond motifs is 3. The van der Waals surface area contributed by atoms with Gasteiger partial charge in [-0.2, -0.15) is 0 Å². The van der Waals surface area contributed by atoms with Gasteiger partial charge in [0.15, 0.2) is 0 Å². The first kappa shape index (κ1) is 11.6. The lowest BCUT2D eigenvalue weighted by Gasteiger charge is -2.10. The molecule has 0 spiro atoms. The van der Waals surface area contributed by atoms with Crippen LogP contribution in [0.4, 0.5) is 0 Å². The monoisotopic (exact) mass is 228 g/mol. The van der Waals surface area contributed by atoms with Gasteiger partial charge in [-0.15, -0.1) is 0 Å². The second-order valence-electron chi connectivity index (χ2n) is 3.93. The molecule has 1 aliphatic rings. The van der Waals surface area contributed by atoms with Gasteiger partial charge in [0.05, 0.1) is 24.3 Å². The zero-order valence-electron chi connectivity index (χ0n) is 10.1. The minimum Gasteiger partial charge on any atom is -0.323 e. The first-order valence-corrected chi connectivity index (χ1v) is 5.84. The molecule has 3 nitrogen and oxygen atoms in total. The minimum absolute atomic E-state index is 0.490.